The average Bonchev–Trinajstić information content (AvgIpc) is 3.58. The molecule has 3 aliphatic rings. The Balaban J connectivity index is 1.22. The molecule has 6 nitrogen and oxygen atoms in total. The van der Waals surface area contributed by atoms with Gasteiger partial charge in [0, 0.05) is 51.5 Å². The molecular weight excluding hydrogens is 360 g/mol. The Kier molecular flexibility index (Phi) is 5.46. The molecule has 1 unspecified atom stereocenters. The molecule has 0 N–H and O–H groups in total. The number of anilines is 1. The maximum Gasteiger partial charge on any atom is 0.132 e. The van der Waals surface area contributed by atoms with Crippen LogP contribution in [-0.4, -0.2) is 64.5 Å². The van der Waals surface area contributed by atoms with Gasteiger partial charge in [0.1, 0.15) is 12.1 Å². The Morgan fingerprint density at radius 3 is 2.76 bits per heavy atom. The maximum absolute atomic E-state index is 4.70. The fraction of sp³-hybridized carbons (Fsp3) is 0.609. The van der Waals surface area contributed by atoms with Crippen molar-refractivity contribution >= 4 is 5.82 Å². The molecule has 1 saturated heterocycles. The van der Waals surface area contributed by atoms with Gasteiger partial charge in [-0.15, -0.1) is 0 Å². The fourth-order valence-corrected chi connectivity index (χ4v) is 4.85. The van der Waals surface area contributed by atoms with Gasteiger partial charge >= 0.3 is 0 Å². The molecule has 1 atom stereocenters. The Hall–Kier alpha value is -2.05. The molecule has 0 radical (unpaired) electrons. The molecule has 2 aliphatic carbocycles. The van der Waals surface area contributed by atoms with E-state index in [1.54, 1.807) is 6.33 Å². The van der Waals surface area contributed by atoms with Crippen LogP contribution in [0.3, 0.4) is 0 Å². The average molecular weight is 393 g/mol. The van der Waals surface area contributed by atoms with Crippen LogP contribution in [0.25, 0.3) is 0 Å². The lowest BCUT2D eigenvalue weighted by atomic mass is 9.91. The monoisotopic (exact) mass is 392 g/mol. The summed E-state index contributed by atoms with van der Waals surface area (Å²) in [5.41, 5.74) is 3.76. The summed E-state index contributed by atoms with van der Waals surface area (Å²) >= 11 is 0. The summed E-state index contributed by atoms with van der Waals surface area (Å²) in [7, 11) is 2.20. The van der Waals surface area contributed by atoms with Crippen LogP contribution >= 0.6 is 0 Å². The molecule has 0 amide bonds. The zero-order chi connectivity index (χ0) is 19.6. The van der Waals surface area contributed by atoms with E-state index in [0.717, 1.165) is 56.6 Å². The van der Waals surface area contributed by atoms with Crippen molar-refractivity contribution in [2.24, 2.45) is 5.92 Å². The predicted octanol–water partition coefficient (Wildman–Crippen LogP) is 2.91. The molecule has 0 aromatic carbocycles. The largest absolute Gasteiger partial charge is 0.354 e. The Morgan fingerprint density at radius 2 is 1.93 bits per heavy atom. The lowest BCUT2D eigenvalue weighted by molar-refractivity contribution is 0.206. The number of pyridine rings is 1. The number of aromatic nitrogens is 3. The third-order valence-electron chi connectivity index (χ3n) is 6.73. The van der Waals surface area contributed by atoms with Gasteiger partial charge in [0.2, 0.25) is 0 Å². The van der Waals surface area contributed by atoms with Crippen molar-refractivity contribution in [3.05, 3.63) is 47.7 Å². The van der Waals surface area contributed by atoms with Crippen molar-refractivity contribution in [1.29, 1.82) is 0 Å². The molecule has 2 fully saturated rings. The smallest absolute Gasteiger partial charge is 0.132 e. The second-order valence-corrected chi connectivity index (χ2v) is 8.97. The summed E-state index contributed by atoms with van der Waals surface area (Å²) in [5.74, 6) is 2.05. The standard InChI is InChI=1S/C23H32N6/c1-27(21-6-2-4-19-5-3-9-24-23(19)21)16-20-14-22(26-17-25-20)29-12-10-28(11-13-29)15-18-7-8-18/h3,5,9,14,17-18,21H,2,4,6-8,10-13,15-16H2,1H3. The molecule has 0 spiro atoms. The Labute approximate surface area is 174 Å². The Bertz CT molecular complexity index is 828. The van der Waals surface area contributed by atoms with Gasteiger partial charge in [-0.3, -0.25) is 14.8 Å². The summed E-state index contributed by atoms with van der Waals surface area (Å²) in [6, 6.07) is 6.86. The normalized spacial score (nSPS) is 22.7. The van der Waals surface area contributed by atoms with E-state index in [9.17, 15) is 0 Å². The summed E-state index contributed by atoms with van der Waals surface area (Å²) in [6.45, 7) is 6.57. The van der Waals surface area contributed by atoms with Gasteiger partial charge in [0.25, 0.3) is 0 Å². The minimum Gasteiger partial charge on any atom is -0.354 e. The zero-order valence-electron chi connectivity index (χ0n) is 17.5. The first-order valence-electron chi connectivity index (χ1n) is 11.2. The minimum absolute atomic E-state index is 0.379. The first-order chi connectivity index (χ1) is 14.3. The lowest BCUT2D eigenvalue weighted by Gasteiger charge is -2.35. The first-order valence-corrected chi connectivity index (χ1v) is 11.2. The molecule has 154 valence electrons. The molecule has 6 heteroatoms. The zero-order valence-corrected chi connectivity index (χ0v) is 17.5. The van der Waals surface area contributed by atoms with E-state index >= 15 is 0 Å². The quantitative estimate of drug-likeness (QED) is 0.753. The van der Waals surface area contributed by atoms with Crippen LogP contribution in [0.15, 0.2) is 30.7 Å². The van der Waals surface area contributed by atoms with Gasteiger partial charge in [0.15, 0.2) is 0 Å². The molecule has 29 heavy (non-hydrogen) atoms. The molecule has 1 saturated carbocycles. The number of aryl methyl sites for hydroxylation is 1. The van der Waals surface area contributed by atoms with E-state index in [-0.39, 0.29) is 0 Å². The van der Waals surface area contributed by atoms with E-state index in [1.807, 2.05) is 6.20 Å². The SMILES string of the molecule is CN(Cc1cc(N2CCN(CC3CC3)CC2)ncn1)C1CCCc2cccnc21. The van der Waals surface area contributed by atoms with Gasteiger partial charge in [-0.25, -0.2) is 9.97 Å². The molecule has 2 aromatic rings. The van der Waals surface area contributed by atoms with Crippen LogP contribution in [0.5, 0.6) is 0 Å². The molecular formula is C23H32N6. The van der Waals surface area contributed by atoms with Crippen molar-refractivity contribution in [1.82, 2.24) is 24.8 Å². The third kappa shape index (κ3) is 4.43. The highest BCUT2D eigenvalue weighted by molar-refractivity contribution is 5.39. The highest BCUT2D eigenvalue weighted by Gasteiger charge is 2.27. The summed E-state index contributed by atoms with van der Waals surface area (Å²) < 4.78 is 0. The van der Waals surface area contributed by atoms with Crippen LogP contribution in [0.4, 0.5) is 5.82 Å². The van der Waals surface area contributed by atoms with Crippen molar-refractivity contribution in [3.8, 4) is 0 Å². The van der Waals surface area contributed by atoms with Crippen LogP contribution in [-0.2, 0) is 13.0 Å². The van der Waals surface area contributed by atoms with Crippen molar-refractivity contribution in [2.45, 2.75) is 44.7 Å². The van der Waals surface area contributed by atoms with Crippen LogP contribution in [0.1, 0.15) is 48.7 Å². The molecule has 3 heterocycles. The number of rotatable bonds is 6. The number of hydrogen-bond donors (Lipinski definition) is 0. The number of nitrogens with zero attached hydrogens (tertiary/aromatic N) is 6. The predicted molar refractivity (Wildman–Crippen MR) is 115 cm³/mol. The van der Waals surface area contributed by atoms with Crippen molar-refractivity contribution in [3.63, 3.8) is 0 Å². The van der Waals surface area contributed by atoms with E-state index in [2.05, 4.69) is 49.9 Å². The highest BCUT2D eigenvalue weighted by atomic mass is 15.3. The van der Waals surface area contributed by atoms with Crippen molar-refractivity contribution < 1.29 is 0 Å². The van der Waals surface area contributed by atoms with Crippen LogP contribution in [0.2, 0.25) is 0 Å². The highest BCUT2D eigenvalue weighted by Crippen LogP contribution is 2.33. The Morgan fingerprint density at radius 1 is 1.07 bits per heavy atom. The van der Waals surface area contributed by atoms with E-state index in [4.69, 9.17) is 4.98 Å². The summed E-state index contributed by atoms with van der Waals surface area (Å²) in [6.07, 6.45) is 10.1. The van der Waals surface area contributed by atoms with E-state index in [0.29, 0.717) is 6.04 Å². The van der Waals surface area contributed by atoms with Gasteiger partial charge in [-0.05, 0) is 56.7 Å². The van der Waals surface area contributed by atoms with E-state index < -0.39 is 0 Å². The van der Waals surface area contributed by atoms with Gasteiger partial charge in [0.05, 0.1) is 17.4 Å². The lowest BCUT2D eigenvalue weighted by Crippen LogP contribution is -2.47. The van der Waals surface area contributed by atoms with Gasteiger partial charge in [-0.2, -0.15) is 0 Å². The number of piperazine rings is 1. The van der Waals surface area contributed by atoms with Crippen molar-refractivity contribution in [2.75, 3.05) is 44.7 Å². The van der Waals surface area contributed by atoms with Crippen LogP contribution < -0.4 is 4.90 Å². The third-order valence-corrected chi connectivity index (χ3v) is 6.73. The molecule has 5 rings (SSSR count). The fourth-order valence-electron chi connectivity index (χ4n) is 4.85. The van der Waals surface area contributed by atoms with Crippen LogP contribution in [0, 0.1) is 5.92 Å². The maximum atomic E-state index is 4.70. The number of hydrogen-bond acceptors (Lipinski definition) is 6. The van der Waals surface area contributed by atoms with E-state index in [1.165, 1.54) is 43.5 Å². The topological polar surface area (TPSA) is 48.4 Å². The second-order valence-electron chi connectivity index (χ2n) is 8.97. The molecule has 1 aliphatic heterocycles. The summed E-state index contributed by atoms with van der Waals surface area (Å²) in [4.78, 5) is 21.3. The second kappa shape index (κ2) is 8.36. The first kappa shape index (κ1) is 18.9. The molecule has 0 bridgehead atoms. The van der Waals surface area contributed by atoms with Gasteiger partial charge < -0.3 is 4.90 Å². The summed E-state index contributed by atoms with van der Waals surface area (Å²) in [5, 5.41) is 0. The number of fused-ring (bicyclic) bond motifs is 1. The molecule has 2 aromatic heterocycles. The van der Waals surface area contributed by atoms with Gasteiger partial charge in [-0.1, -0.05) is 6.07 Å². The minimum atomic E-state index is 0.379.